The minimum absolute atomic E-state index is 0.223. The first kappa shape index (κ1) is 8.80. The SMILES string of the molecule is CC(C)c1ncnc2c(=O)[nH]cnc12. The first-order chi connectivity index (χ1) is 6.70. The van der Waals surface area contributed by atoms with Gasteiger partial charge >= 0.3 is 0 Å². The topological polar surface area (TPSA) is 71.5 Å². The highest BCUT2D eigenvalue weighted by Gasteiger charge is 2.10. The molecule has 0 amide bonds. The molecule has 5 nitrogen and oxygen atoms in total. The largest absolute Gasteiger partial charge is 0.311 e. The van der Waals surface area contributed by atoms with Gasteiger partial charge in [0.25, 0.3) is 5.56 Å². The van der Waals surface area contributed by atoms with Crippen molar-refractivity contribution >= 4 is 11.0 Å². The van der Waals surface area contributed by atoms with Crippen LogP contribution in [0.25, 0.3) is 11.0 Å². The van der Waals surface area contributed by atoms with Crippen molar-refractivity contribution in [1.29, 1.82) is 0 Å². The van der Waals surface area contributed by atoms with Gasteiger partial charge in [-0.05, 0) is 5.92 Å². The number of nitrogens with zero attached hydrogens (tertiary/aromatic N) is 3. The van der Waals surface area contributed by atoms with Crippen LogP contribution in [0, 0.1) is 0 Å². The molecular weight excluding hydrogens is 180 g/mol. The molecule has 2 aromatic heterocycles. The van der Waals surface area contributed by atoms with E-state index in [1.165, 1.54) is 12.7 Å². The van der Waals surface area contributed by atoms with Gasteiger partial charge in [0.15, 0.2) is 5.52 Å². The Labute approximate surface area is 80.2 Å². The van der Waals surface area contributed by atoms with Crippen LogP contribution in [0.4, 0.5) is 0 Å². The Balaban J connectivity index is 2.88. The molecule has 0 saturated carbocycles. The molecule has 0 radical (unpaired) electrons. The number of H-pyrrole nitrogens is 1. The fraction of sp³-hybridized carbons (Fsp3) is 0.333. The first-order valence-electron chi connectivity index (χ1n) is 4.38. The van der Waals surface area contributed by atoms with Crippen molar-refractivity contribution in [2.24, 2.45) is 0 Å². The van der Waals surface area contributed by atoms with Gasteiger partial charge in [-0.1, -0.05) is 13.8 Å². The molecule has 1 N–H and O–H groups in total. The van der Waals surface area contributed by atoms with Crippen LogP contribution in [-0.4, -0.2) is 19.9 Å². The summed E-state index contributed by atoms with van der Waals surface area (Å²) in [6.45, 7) is 4.01. The smallest absolute Gasteiger partial charge is 0.277 e. The predicted octanol–water partition coefficient (Wildman–Crippen LogP) is 0.837. The maximum atomic E-state index is 11.4. The van der Waals surface area contributed by atoms with E-state index in [0.717, 1.165) is 5.69 Å². The minimum atomic E-state index is -0.223. The number of nitrogens with one attached hydrogen (secondary N) is 1. The van der Waals surface area contributed by atoms with Crippen LogP contribution < -0.4 is 5.56 Å². The molecule has 2 aromatic rings. The average molecular weight is 190 g/mol. The molecule has 0 spiro atoms. The first-order valence-corrected chi connectivity index (χ1v) is 4.38. The number of fused-ring (bicyclic) bond motifs is 1. The zero-order valence-corrected chi connectivity index (χ0v) is 7.98. The number of rotatable bonds is 1. The molecule has 14 heavy (non-hydrogen) atoms. The molecule has 0 fully saturated rings. The van der Waals surface area contributed by atoms with Gasteiger partial charge in [-0.25, -0.2) is 15.0 Å². The lowest BCUT2D eigenvalue weighted by Gasteiger charge is -2.05. The second kappa shape index (κ2) is 3.17. The molecule has 0 bridgehead atoms. The van der Waals surface area contributed by atoms with E-state index in [2.05, 4.69) is 19.9 Å². The Kier molecular flexibility index (Phi) is 1.99. The summed E-state index contributed by atoms with van der Waals surface area (Å²) in [6.07, 6.45) is 2.77. The van der Waals surface area contributed by atoms with Crippen molar-refractivity contribution < 1.29 is 0 Å². The molecule has 0 aliphatic carbocycles. The quantitative estimate of drug-likeness (QED) is 0.723. The van der Waals surface area contributed by atoms with Crippen LogP contribution in [0.5, 0.6) is 0 Å². The molecule has 0 atom stereocenters. The number of aromatic amines is 1. The second-order valence-electron chi connectivity index (χ2n) is 3.34. The van der Waals surface area contributed by atoms with E-state index in [1.807, 2.05) is 13.8 Å². The van der Waals surface area contributed by atoms with Crippen molar-refractivity contribution in [1.82, 2.24) is 19.9 Å². The molecule has 0 aliphatic heterocycles. The van der Waals surface area contributed by atoms with E-state index in [0.29, 0.717) is 11.0 Å². The molecule has 0 aromatic carbocycles. The summed E-state index contributed by atoms with van der Waals surface area (Å²) in [5.41, 5.74) is 1.53. The lowest BCUT2D eigenvalue weighted by atomic mass is 10.1. The summed E-state index contributed by atoms with van der Waals surface area (Å²) < 4.78 is 0. The van der Waals surface area contributed by atoms with E-state index < -0.39 is 0 Å². The van der Waals surface area contributed by atoms with E-state index in [-0.39, 0.29) is 11.5 Å². The normalized spacial score (nSPS) is 11.1. The standard InChI is InChI=1S/C9H10N4O/c1-5(2)6-7-8(12-3-10-6)9(14)13-4-11-7/h3-5H,1-2H3,(H,11,13,14). The van der Waals surface area contributed by atoms with Gasteiger partial charge in [0.05, 0.1) is 12.0 Å². The highest BCUT2D eigenvalue weighted by Crippen LogP contribution is 2.16. The Bertz CT molecular complexity index is 517. The molecule has 0 aliphatic rings. The zero-order valence-electron chi connectivity index (χ0n) is 7.98. The summed E-state index contributed by atoms with van der Waals surface area (Å²) in [5, 5.41) is 0. The molecule has 2 heterocycles. The van der Waals surface area contributed by atoms with Crippen molar-refractivity contribution in [2.45, 2.75) is 19.8 Å². The molecule has 0 saturated heterocycles. The Morgan fingerprint density at radius 2 is 2.00 bits per heavy atom. The maximum absolute atomic E-state index is 11.4. The van der Waals surface area contributed by atoms with Gasteiger partial charge in [0, 0.05) is 0 Å². The summed E-state index contributed by atoms with van der Waals surface area (Å²) in [7, 11) is 0. The van der Waals surface area contributed by atoms with Gasteiger partial charge in [-0.2, -0.15) is 0 Å². The lowest BCUT2D eigenvalue weighted by Crippen LogP contribution is -2.10. The van der Waals surface area contributed by atoms with E-state index >= 15 is 0 Å². The highest BCUT2D eigenvalue weighted by atomic mass is 16.1. The van der Waals surface area contributed by atoms with Gasteiger partial charge in [0.2, 0.25) is 0 Å². The number of aromatic nitrogens is 4. The van der Waals surface area contributed by atoms with Gasteiger partial charge in [0.1, 0.15) is 11.8 Å². The third-order valence-electron chi connectivity index (χ3n) is 2.00. The van der Waals surface area contributed by atoms with Gasteiger partial charge in [-0.15, -0.1) is 0 Å². The van der Waals surface area contributed by atoms with Crippen LogP contribution >= 0.6 is 0 Å². The molecule has 0 unspecified atom stereocenters. The predicted molar refractivity (Wildman–Crippen MR) is 52.0 cm³/mol. The molecule has 5 heteroatoms. The van der Waals surface area contributed by atoms with E-state index in [9.17, 15) is 4.79 Å². The monoisotopic (exact) mass is 190 g/mol. The fourth-order valence-corrected chi connectivity index (χ4v) is 1.33. The van der Waals surface area contributed by atoms with E-state index in [1.54, 1.807) is 0 Å². The maximum Gasteiger partial charge on any atom is 0.277 e. The highest BCUT2D eigenvalue weighted by molar-refractivity contribution is 5.74. The third-order valence-corrected chi connectivity index (χ3v) is 2.00. The summed E-state index contributed by atoms with van der Waals surface area (Å²) in [4.78, 5) is 26.0. The average Bonchev–Trinajstić information content (AvgIpc) is 2.17. The van der Waals surface area contributed by atoms with Crippen molar-refractivity contribution in [3.05, 3.63) is 28.7 Å². The Hall–Kier alpha value is -1.78. The third kappa shape index (κ3) is 1.26. The minimum Gasteiger partial charge on any atom is -0.311 e. The Morgan fingerprint density at radius 1 is 1.21 bits per heavy atom. The molecule has 2 rings (SSSR count). The molecular formula is C9H10N4O. The molecule has 72 valence electrons. The van der Waals surface area contributed by atoms with Crippen LogP contribution in [0.2, 0.25) is 0 Å². The number of hydrogen-bond donors (Lipinski definition) is 1. The fourth-order valence-electron chi connectivity index (χ4n) is 1.33. The van der Waals surface area contributed by atoms with Crippen molar-refractivity contribution in [3.8, 4) is 0 Å². The van der Waals surface area contributed by atoms with Crippen LogP contribution in [0.3, 0.4) is 0 Å². The summed E-state index contributed by atoms with van der Waals surface area (Å²) in [5.74, 6) is 0.231. The van der Waals surface area contributed by atoms with Gasteiger partial charge < -0.3 is 4.98 Å². The zero-order chi connectivity index (χ0) is 10.1. The Morgan fingerprint density at radius 3 is 2.71 bits per heavy atom. The lowest BCUT2D eigenvalue weighted by molar-refractivity contribution is 0.822. The number of hydrogen-bond acceptors (Lipinski definition) is 4. The van der Waals surface area contributed by atoms with E-state index in [4.69, 9.17) is 0 Å². The van der Waals surface area contributed by atoms with Crippen LogP contribution in [0.15, 0.2) is 17.4 Å². The van der Waals surface area contributed by atoms with Crippen LogP contribution in [-0.2, 0) is 0 Å². The summed E-state index contributed by atoms with van der Waals surface area (Å²) >= 11 is 0. The van der Waals surface area contributed by atoms with Crippen LogP contribution in [0.1, 0.15) is 25.5 Å². The summed E-state index contributed by atoms with van der Waals surface area (Å²) in [6, 6.07) is 0. The van der Waals surface area contributed by atoms with Gasteiger partial charge in [-0.3, -0.25) is 4.79 Å². The second-order valence-corrected chi connectivity index (χ2v) is 3.34. The van der Waals surface area contributed by atoms with Crippen molar-refractivity contribution in [3.63, 3.8) is 0 Å². The van der Waals surface area contributed by atoms with Crippen molar-refractivity contribution in [2.75, 3.05) is 0 Å².